The molecule has 3 atom stereocenters. The minimum Gasteiger partial charge on any atom is -0.417 e. The van der Waals surface area contributed by atoms with Gasteiger partial charge in [0.25, 0.3) is 5.92 Å². The number of ether oxygens (including phenoxy) is 1. The molecule has 5 nitrogen and oxygen atoms in total. The predicted molar refractivity (Wildman–Crippen MR) is 71.2 cm³/mol. The van der Waals surface area contributed by atoms with E-state index in [2.05, 4.69) is 20.4 Å². The molecule has 1 aromatic rings. The standard InChI is InChI=1S/C14H15F4N3O2/c15-12(16)23-9-5-7(2-4-19-9)6-20-13(22)21-11-8-1-3-14(17,18)10(8)11/h2,4-5,8,10-12H,1,3,6H2,(H2,20,21,22)/t8-,10?,11+/m0/s1. The van der Waals surface area contributed by atoms with E-state index in [0.29, 0.717) is 12.0 Å². The quantitative estimate of drug-likeness (QED) is 0.814. The lowest BCUT2D eigenvalue weighted by atomic mass is 10.2. The van der Waals surface area contributed by atoms with Gasteiger partial charge >= 0.3 is 12.6 Å². The van der Waals surface area contributed by atoms with Crippen LogP contribution >= 0.6 is 0 Å². The van der Waals surface area contributed by atoms with Crippen molar-refractivity contribution in [1.29, 1.82) is 0 Å². The largest absolute Gasteiger partial charge is 0.417 e. The van der Waals surface area contributed by atoms with E-state index in [-0.39, 0.29) is 24.8 Å². The highest BCUT2D eigenvalue weighted by atomic mass is 19.3. The van der Waals surface area contributed by atoms with Crippen molar-refractivity contribution in [3.05, 3.63) is 23.9 Å². The van der Waals surface area contributed by atoms with Crippen LogP contribution in [-0.2, 0) is 6.54 Å². The number of nitrogens with zero attached hydrogens (tertiary/aromatic N) is 1. The summed E-state index contributed by atoms with van der Waals surface area (Å²) in [5, 5.41) is 5.03. The van der Waals surface area contributed by atoms with Gasteiger partial charge in [0, 0.05) is 37.2 Å². The summed E-state index contributed by atoms with van der Waals surface area (Å²) in [7, 11) is 0. The first kappa shape index (κ1) is 15.8. The van der Waals surface area contributed by atoms with Crippen molar-refractivity contribution in [3.63, 3.8) is 0 Å². The minimum atomic E-state index is -2.98. The van der Waals surface area contributed by atoms with Gasteiger partial charge in [-0.3, -0.25) is 0 Å². The highest BCUT2D eigenvalue weighted by Gasteiger charge is 2.68. The second kappa shape index (κ2) is 5.86. The number of alkyl halides is 4. The third kappa shape index (κ3) is 3.48. The first-order valence-corrected chi connectivity index (χ1v) is 7.19. The molecular weight excluding hydrogens is 318 g/mol. The zero-order valence-corrected chi connectivity index (χ0v) is 11.9. The molecule has 9 heteroatoms. The van der Waals surface area contributed by atoms with Crippen molar-refractivity contribution in [1.82, 2.24) is 15.6 Å². The van der Waals surface area contributed by atoms with E-state index in [1.54, 1.807) is 0 Å². The van der Waals surface area contributed by atoms with Crippen molar-refractivity contribution in [2.75, 3.05) is 0 Å². The van der Waals surface area contributed by atoms with Crippen molar-refractivity contribution in [2.24, 2.45) is 11.8 Å². The Kier molecular flexibility index (Phi) is 4.03. The number of hydrogen-bond donors (Lipinski definition) is 2. The fourth-order valence-electron chi connectivity index (χ4n) is 3.13. The molecule has 1 unspecified atom stereocenters. The molecule has 1 heterocycles. The number of urea groups is 1. The molecule has 0 radical (unpaired) electrons. The van der Waals surface area contributed by atoms with Crippen LogP contribution < -0.4 is 15.4 Å². The Bertz CT molecular complexity index is 599. The molecule has 2 aliphatic rings. The topological polar surface area (TPSA) is 63.2 Å². The number of carbonyl (C=O) groups excluding carboxylic acids is 1. The molecule has 126 valence electrons. The summed E-state index contributed by atoms with van der Waals surface area (Å²) in [6.45, 7) is -2.93. The van der Waals surface area contributed by atoms with E-state index >= 15 is 0 Å². The number of aromatic nitrogens is 1. The molecule has 23 heavy (non-hydrogen) atoms. The molecule has 3 rings (SSSR count). The molecule has 1 aromatic heterocycles. The van der Waals surface area contributed by atoms with Gasteiger partial charge in [-0.15, -0.1) is 0 Å². The van der Waals surface area contributed by atoms with Gasteiger partial charge < -0.3 is 15.4 Å². The van der Waals surface area contributed by atoms with Crippen molar-refractivity contribution < 1.29 is 27.1 Å². The first-order chi connectivity index (χ1) is 10.9. The Hall–Kier alpha value is -2.06. The Morgan fingerprint density at radius 1 is 1.48 bits per heavy atom. The first-order valence-electron chi connectivity index (χ1n) is 7.19. The van der Waals surface area contributed by atoms with E-state index in [4.69, 9.17) is 0 Å². The molecule has 2 N–H and O–H groups in total. The lowest BCUT2D eigenvalue weighted by molar-refractivity contribution is -0.0529. The van der Waals surface area contributed by atoms with Gasteiger partial charge in [-0.1, -0.05) is 0 Å². The molecular formula is C14H15F4N3O2. The van der Waals surface area contributed by atoms with Crippen LogP contribution in [0.1, 0.15) is 18.4 Å². The summed E-state index contributed by atoms with van der Waals surface area (Å²) in [5.41, 5.74) is 0.507. The lowest BCUT2D eigenvalue weighted by Crippen LogP contribution is -2.39. The Labute approximate surface area is 129 Å². The lowest BCUT2D eigenvalue weighted by Gasteiger charge is -2.14. The van der Waals surface area contributed by atoms with E-state index in [1.165, 1.54) is 18.3 Å². The molecule has 0 aromatic carbocycles. The summed E-state index contributed by atoms with van der Waals surface area (Å²) in [5.74, 6) is -3.87. The molecule has 0 aliphatic heterocycles. The van der Waals surface area contributed by atoms with Crippen LogP contribution in [0.4, 0.5) is 22.4 Å². The maximum atomic E-state index is 13.4. The number of hydrogen-bond acceptors (Lipinski definition) is 3. The van der Waals surface area contributed by atoms with Gasteiger partial charge in [0.1, 0.15) is 0 Å². The maximum Gasteiger partial charge on any atom is 0.388 e. The summed E-state index contributed by atoms with van der Waals surface area (Å²) < 4.78 is 55.2. The van der Waals surface area contributed by atoms with Crippen LogP contribution in [-0.4, -0.2) is 29.6 Å². The van der Waals surface area contributed by atoms with E-state index in [9.17, 15) is 22.4 Å². The SMILES string of the molecule is O=C(NCc1ccnc(OC(F)F)c1)N[C@H]1C2[C@@H]1CCC2(F)F. The van der Waals surface area contributed by atoms with Gasteiger partial charge in [0.2, 0.25) is 5.88 Å². The van der Waals surface area contributed by atoms with Gasteiger partial charge in [0.15, 0.2) is 0 Å². The van der Waals surface area contributed by atoms with Crippen LogP contribution in [0.2, 0.25) is 0 Å². The van der Waals surface area contributed by atoms with Crippen molar-refractivity contribution >= 4 is 6.03 Å². The number of rotatable bonds is 5. The fraction of sp³-hybridized carbons (Fsp3) is 0.571. The van der Waals surface area contributed by atoms with Crippen molar-refractivity contribution in [3.8, 4) is 5.88 Å². The van der Waals surface area contributed by atoms with Crippen LogP contribution in [0.3, 0.4) is 0 Å². The van der Waals surface area contributed by atoms with Crippen LogP contribution in [0.25, 0.3) is 0 Å². The Morgan fingerprint density at radius 2 is 2.26 bits per heavy atom. The number of pyridine rings is 1. The summed E-state index contributed by atoms with van der Waals surface area (Å²) >= 11 is 0. The Morgan fingerprint density at radius 3 is 2.91 bits per heavy atom. The van der Waals surface area contributed by atoms with Gasteiger partial charge in [0.05, 0.1) is 0 Å². The van der Waals surface area contributed by atoms with Crippen LogP contribution in [0.15, 0.2) is 18.3 Å². The number of halogens is 4. The fourth-order valence-corrected chi connectivity index (χ4v) is 3.13. The van der Waals surface area contributed by atoms with Gasteiger partial charge in [-0.2, -0.15) is 8.78 Å². The highest BCUT2D eigenvalue weighted by molar-refractivity contribution is 5.74. The number of carbonyl (C=O) groups is 1. The normalized spacial score (nSPS) is 27.4. The van der Waals surface area contributed by atoms with Crippen molar-refractivity contribution in [2.45, 2.75) is 38.0 Å². The average Bonchev–Trinajstić information content (AvgIpc) is 3.06. The third-order valence-electron chi connectivity index (χ3n) is 4.23. The average molecular weight is 333 g/mol. The summed E-state index contributed by atoms with van der Waals surface area (Å²) in [4.78, 5) is 15.3. The number of nitrogens with one attached hydrogen (secondary N) is 2. The third-order valence-corrected chi connectivity index (χ3v) is 4.23. The maximum absolute atomic E-state index is 13.4. The van der Waals surface area contributed by atoms with Gasteiger partial charge in [-0.25, -0.2) is 18.6 Å². The number of fused-ring (bicyclic) bond motifs is 1. The van der Waals surface area contributed by atoms with Crippen LogP contribution in [0.5, 0.6) is 5.88 Å². The zero-order valence-electron chi connectivity index (χ0n) is 11.9. The van der Waals surface area contributed by atoms with Crippen LogP contribution in [0, 0.1) is 11.8 Å². The van der Waals surface area contributed by atoms with E-state index in [1.807, 2.05) is 0 Å². The highest BCUT2D eigenvalue weighted by Crippen LogP contribution is 2.59. The molecule has 2 aliphatic carbocycles. The zero-order chi connectivity index (χ0) is 16.6. The molecule has 0 bridgehead atoms. The summed E-state index contributed by atoms with van der Waals surface area (Å²) in [6.07, 6.45) is 1.58. The predicted octanol–water partition coefficient (Wildman–Crippen LogP) is 2.53. The smallest absolute Gasteiger partial charge is 0.388 e. The second-order valence-electron chi connectivity index (χ2n) is 5.72. The molecule has 2 amide bonds. The van der Waals surface area contributed by atoms with E-state index in [0.717, 1.165) is 0 Å². The molecule has 2 fully saturated rings. The monoisotopic (exact) mass is 333 g/mol. The minimum absolute atomic E-state index is 0.0480. The van der Waals surface area contributed by atoms with E-state index < -0.39 is 30.5 Å². The summed E-state index contributed by atoms with van der Waals surface area (Å²) in [6, 6.07) is 1.74. The molecule has 0 spiro atoms. The Balaban J connectivity index is 1.47. The number of amides is 2. The van der Waals surface area contributed by atoms with Gasteiger partial charge in [-0.05, 0) is 24.0 Å². The second-order valence-corrected chi connectivity index (χ2v) is 5.72. The molecule has 2 saturated carbocycles. The molecule has 0 saturated heterocycles.